The van der Waals surface area contributed by atoms with Gasteiger partial charge in [-0.05, 0) is 37.0 Å². The average molecular weight is 412 g/mol. The Morgan fingerprint density at radius 3 is 2.89 bits per heavy atom. The number of nitrogens with one attached hydrogen (secondary N) is 1. The molecule has 1 N–H and O–H groups in total. The Hall–Kier alpha value is -1.57. The molecular weight excluding hydrogens is 386 g/mol. The van der Waals surface area contributed by atoms with Gasteiger partial charge in [0.1, 0.15) is 0 Å². The molecule has 0 atom stereocenters. The van der Waals surface area contributed by atoms with E-state index in [-0.39, 0.29) is 17.2 Å². The van der Waals surface area contributed by atoms with Crippen LogP contribution >= 0.6 is 23.4 Å². The molecular formula is C19H26ClN3O3S. The Morgan fingerprint density at radius 2 is 2.19 bits per heavy atom. The molecule has 0 fully saturated rings. The van der Waals surface area contributed by atoms with Gasteiger partial charge >= 0.3 is 0 Å². The van der Waals surface area contributed by atoms with E-state index < -0.39 is 0 Å². The lowest BCUT2D eigenvalue weighted by Gasteiger charge is -2.14. The summed E-state index contributed by atoms with van der Waals surface area (Å²) in [5, 5.41) is 4.45. The van der Waals surface area contributed by atoms with Crippen molar-refractivity contribution in [1.82, 2.24) is 14.9 Å². The molecule has 1 amide bonds. The summed E-state index contributed by atoms with van der Waals surface area (Å²) in [6.07, 6.45) is 1.62. The lowest BCUT2D eigenvalue weighted by Crippen LogP contribution is -2.28. The minimum Gasteiger partial charge on any atom is -0.385 e. The van der Waals surface area contributed by atoms with Gasteiger partial charge in [0.15, 0.2) is 5.16 Å². The maximum atomic E-state index is 12.9. The molecule has 148 valence electrons. The van der Waals surface area contributed by atoms with Gasteiger partial charge in [0.25, 0.3) is 5.56 Å². The Balaban J connectivity index is 2.20. The Morgan fingerprint density at radius 1 is 1.41 bits per heavy atom. The van der Waals surface area contributed by atoms with Crippen molar-refractivity contribution in [2.75, 3.05) is 26.0 Å². The van der Waals surface area contributed by atoms with Gasteiger partial charge in [0.05, 0.1) is 16.7 Å². The zero-order chi connectivity index (χ0) is 19.8. The third-order valence-electron chi connectivity index (χ3n) is 3.99. The second-order valence-electron chi connectivity index (χ2n) is 6.68. The minimum atomic E-state index is -0.0969. The van der Waals surface area contributed by atoms with Crippen LogP contribution in [0.3, 0.4) is 0 Å². The number of ether oxygens (including phenoxy) is 1. The van der Waals surface area contributed by atoms with Crippen molar-refractivity contribution >= 4 is 40.2 Å². The highest BCUT2D eigenvalue weighted by molar-refractivity contribution is 7.99. The molecule has 0 aliphatic heterocycles. The van der Waals surface area contributed by atoms with Crippen LogP contribution in [0.4, 0.5) is 0 Å². The van der Waals surface area contributed by atoms with E-state index in [1.54, 1.807) is 29.9 Å². The third-order valence-corrected chi connectivity index (χ3v) is 5.20. The molecule has 0 aliphatic rings. The Bertz CT molecular complexity index is 839. The monoisotopic (exact) mass is 411 g/mol. The van der Waals surface area contributed by atoms with Crippen molar-refractivity contribution in [2.45, 2.75) is 38.4 Å². The van der Waals surface area contributed by atoms with E-state index in [1.807, 2.05) is 0 Å². The van der Waals surface area contributed by atoms with Gasteiger partial charge in [-0.25, -0.2) is 4.98 Å². The topological polar surface area (TPSA) is 73.2 Å². The number of carbonyl (C=O) groups is 1. The van der Waals surface area contributed by atoms with Crippen LogP contribution in [0.25, 0.3) is 10.9 Å². The second kappa shape index (κ2) is 10.7. The summed E-state index contributed by atoms with van der Waals surface area (Å²) in [5.41, 5.74) is 0.455. The first-order chi connectivity index (χ1) is 12.9. The number of methoxy groups -OCH3 is 1. The van der Waals surface area contributed by atoms with Crippen LogP contribution in [-0.2, 0) is 16.1 Å². The maximum Gasteiger partial charge on any atom is 0.262 e. The highest BCUT2D eigenvalue weighted by Crippen LogP contribution is 2.21. The van der Waals surface area contributed by atoms with Gasteiger partial charge in [0.2, 0.25) is 5.91 Å². The molecule has 2 rings (SSSR count). The molecule has 0 radical (unpaired) electrons. The predicted octanol–water partition coefficient (Wildman–Crippen LogP) is 3.34. The molecule has 1 aromatic heterocycles. The molecule has 1 aromatic carbocycles. The van der Waals surface area contributed by atoms with Crippen LogP contribution < -0.4 is 10.9 Å². The quantitative estimate of drug-likeness (QED) is 0.368. The lowest BCUT2D eigenvalue weighted by molar-refractivity contribution is -0.118. The molecule has 1 heterocycles. The normalized spacial score (nSPS) is 11.3. The molecule has 0 bridgehead atoms. The first kappa shape index (κ1) is 21.7. The molecule has 0 spiro atoms. The van der Waals surface area contributed by atoms with Crippen LogP contribution in [0, 0.1) is 5.92 Å². The summed E-state index contributed by atoms with van der Waals surface area (Å²) in [6.45, 7) is 5.96. The van der Waals surface area contributed by atoms with Crippen molar-refractivity contribution < 1.29 is 9.53 Å². The SMILES string of the molecule is COCCCNC(=O)CSc1nc2cc(Cl)ccc2c(=O)n1CCC(C)C. The van der Waals surface area contributed by atoms with E-state index in [1.165, 1.54) is 11.8 Å². The number of hydrogen-bond donors (Lipinski definition) is 1. The number of fused-ring (bicyclic) bond motifs is 1. The first-order valence-corrected chi connectivity index (χ1v) is 10.4. The van der Waals surface area contributed by atoms with E-state index in [9.17, 15) is 9.59 Å². The van der Waals surface area contributed by atoms with Gasteiger partial charge in [-0.2, -0.15) is 0 Å². The van der Waals surface area contributed by atoms with E-state index in [0.717, 1.165) is 12.8 Å². The van der Waals surface area contributed by atoms with Crippen molar-refractivity contribution in [2.24, 2.45) is 5.92 Å². The number of carbonyl (C=O) groups excluding carboxylic acids is 1. The van der Waals surface area contributed by atoms with E-state index >= 15 is 0 Å². The average Bonchev–Trinajstić information content (AvgIpc) is 2.62. The van der Waals surface area contributed by atoms with E-state index in [4.69, 9.17) is 16.3 Å². The number of thioether (sulfide) groups is 1. The lowest BCUT2D eigenvalue weighted by atomic mass is 10.1. The minimum absolute atomic E-state index is 0.0908. The first-order valence-electron chi connectivity index (χ1n) is 9.01. The number of rotatable bonds is 10. The fourth-order valence-electron chi connectivity index (χ4n) is 2.49. The largest absolute Gasteiger partial charge is 0.385 e. The Labute approximate surface area is 168 Å². The van der Waals surface area contributed by atoms with Gasteiger partial charge in [-0.15, -0.1) is 0 Å². The zero-order valence-corrected chi connectivity index (χ0v) is 17.5. The molecule has 2 aromatic rings. The van der Waals surface area contributed by atoms with Crippen molar-refractivity contribution in [3.8, 4) is 0 Å². The highest BCUT2D eigenvalue weighted by atomic mass is 35.5. The van der Waals surface area contributed by atoms with E-state index in [2.05, 4.69) is 24.1 Å². The molecule has 0 unspecified atom stereocenters. The van der Waals surface area contributed by atoms with Crippen molar-refractivity contribution in [3.05, 3.63) is 33.6 Å². The van der Waals surface area contributed by atoms with Crippen molar-refractivity contribution in [3.63, 3.8) is 0 Å². The van der Waals surface area contributed by atoms with Crippen molar-refractivity contribution in [1.29, 1.82) is 0 Å². The smallest absolute Gasteiger partial charge is 0.262 e. The van der Waals surface area contributed by atoms with Crippen LogP contribution in [0.1, 0.15) is 26.7 Å². The van der Waals surface area contributed by atoms with Gasteiger partial charge < -0.3 is 10.1 Å². The summed E-state index contributed by atoms with van der Waals surface area (Å²) < 4.78 is 6.63. The summed E-state index contributed by atoms with van der Waals surface area (Å²) >= 11 is 7.32. The second-order valence-corrected chi connectivity index (χ2v) is 8.06. The van der Waals surface area contributed by atoms with Crippen LogP contribution in [0.2, 0.25) is 5.02 Å². The molecule has 0 saturated carbocycles. The number of benzene rings is 1. The summed E-state index contributed by atoms with van der Waals surface area (Å²) in [7, 11) is 1.63. The van der Waals surface area contributed by atoms with Gasteiger partial charge in [0, 0.05) is 31.8 Å². The zero-order valence-electron chi connectivity index (χ0n) is 16.0. The molecule has 0 aliphatic carbocycles. The van der Waals surface area contributed by atoms with Crippen LogP contribution in [0.15, 0.2) is 28.2 Å². The summed E-state index contributed by atoms with van der Waals surface area (Å²) in [4.78, 5) is 29.6. The van der Waals surface area contributed by atoms with Gasteiger partial charge in [-0.1, -0.05) is 37.2 Å². The standard InChI is InChI=1S/C19H26ClN3O3S/c1-13(2)7-9-23-18(25)15-6-5-14(20)11-16(15)22-19(23)27-12-17(24)21-8-4-10-26-3/h5-6,11,13H,4,7-10,12H2,1-3H3,(H,21,24). The van der Waals surface area contributed by atoms with E-state index in [0.29, 0.717) is 46.7 Å². The van der Waals surface area contributed by atoms with Crippen LogP contribution in [0.5, 0.6) is 0 Å². The highest BCUT2D eigenvalue weighted by Gasteiger charge is 2.14. The third kappa shape index (κ3) is 6.52. The van der Waals surface area contributed by atoms with Gasteiger partial charge in [-0.3, -0.25) is 14.2 Å². The molecule has 0 saturated heterocycles. The van der Waals surface area contributed by atoms with Crippen LogP contribution in [-0.4, -0.2) is 41.5 Å². The molecule has 6 nitrogen and oxygen atoms in total. The number of nitrogens with zero attached hydrogens (tertiary/aromatic N) is 2. The predicted molar refractivity (Wildman–Crippen MR) is 111 cm³/mol. The number of aromatic nitrogens is 2. The number of halogens is 1. The molecule has 8 heteroatoms. The fourth-order valence-corrected chi connectivity index (χ4v) is 3.52. The maximum absolute atomic E-state index is 12.9. The summed E-state index contributed by atoms with van der Waals surface area (Å²) in [6, 6.07) is 5.08. The number of hydrogen-bond acceptors (Lipinski definition) is 5. The number of amides is 1. The summed E-state index contributed by atoms with van der Waals surface area (Å²) in [5.74, 6) is 0.569. The Kier molecular flexibility index (Phi) is 8.60. The molecule has 27 heavy (non-hydrogen) atoms. The fraction of sp³-hybridized carbons (Fsp3) is 0.526.